The van der Waals surface area contributed by atoms with Gasteiger partial charge in [0.1, 0.15) is 18.2 Å². The van der Waals surface area contributed by atoms with Gasteiger partial charge < -0.3 is 10.1 Å². The fraction of sp³-hybridized carbons (Fsp3) is 0.333. The molecule has 0 atom stereocenters. The van der Waals surface area contributed by atoms with Gasteiger partial charge in [0.2, 0.25) is 0 Å². The molecule has 2 aromatic carbocycles. The number of ether oxygens (including phenoxy) is 1. The van der Waals surface area contributed by atoms with Gasteiger partial charge >= 0.3 is 0 Å². The van der Waals surface area contributed by atoms with Crippen LogP contribution in [0.4, 0.5) is 4.39 Å². The zero-order valence-corrected chi connectivity index (χ0v) is 12.7. The summed E-state index contributed by atoms with van der Waals surface area (Å²) >= 11 is 0. The van der Waals surface area contributed by atoms with E-state index < -0.39 is 0 Å². The predicted octanol–water partition coefficient (Wildman–Crippen LogP) is 4.08. The summed E-state index contributed by atoms with van der Waals surface area (Å²) in [6, 6.07) is 13.1. The van der Waals surface area contributed by atoms with Gasteiger partial charge in [-0.2, -0.15) is 0 Å². The van der Waals surface area contributed by atoms with E-state index in [9.17, 15) is 4.39 Å². The first-order chi connectivity index (χ1) is 10.2. The van der Waals surface area contributed by atoms with Crippen molar-refractivity contribution >= 4 is 0 Å². The van der Waals surface area contributed by atoms with Crippen LogP contribution in [0.5, 0.6) is 5.75 Å². The minimum atomic E-state index is -0.218. The Morgan fingerprint density at radius 2 is 1.86 bits per heavy atom. The molecule has 0 saturated carbocycles. The normalized spacial score (nSPS) is 10.6. The van der Waals surface area contributed by atoms with Crippen LogP contribution in [0.1, 0.15) is 30.5 Å². The average molecular weight is 287 g/mol. The van der Waals surface area contributed by atoms with Gasteiger partial charge in [0.05, 0.1) is 0 Å². The maximum absolute atomic E-state index is 13.9. The Labute approximate surface area is 126 Å². The molecule has 2 nitrogen and oxygen atoms in total. The predicted molar refractivity (Wildman–Crippen MR) is 83.9 cm³/mol. The Morgan fingerprint density at radius 3 is 2.62 bits per heavy atom. The quantitative estimate of drug-likeness (QED) is 0.828. The van der Waals surface area contributed by atoms with E-state index in [4.69, 9.17) is 4.74 Å². The molecular formula is C18H22FNO. The van der Waals surface area contributed by atoms with Gasteiger partial charge in [-0.25, -0.2) is 4.39 Å². The first-order valence-electron chi connectivity index (χ1n) is 7.43. The van der Waals surface area contributed by atoms with Gasteiger partial charge in [-0.3, -0.25) is 0 Å². The highest BCUT2D eigenvalue weighted by atomic mass is 19.1. The van der Waals surface area contributed by atoms with Gasteiger partial charge in [0.15, 0.2) is 0 Å². The first-order valence-corrected chi connectivity index (χ1v) is 7.43. The molecule has 0 amide bonds. The summed E-state index contributed by atoms with van der Waals surface area (Å²) in [5, 5.41) is 3.24. The van der Waals surface area contributed by atoms with Crippen molar-refractivity contribution in [3.63, 3.8) is 0 Å². The molecule has 3 heteroatoms. The summed E-state index contributed by atoms with van der Waals surface area (Å²) in [5.74, 6) is 0.612. The maximum atomic E-state index is 13.9. The smallest absolute Gasteiger partial charge is 0.129 e. The number of aryl methyl sites for hydroxylation is 1. The van der Waals surface area contributed by atoms with Crippen molar-refractivity contribution in [1.29, 1.82) is 0 Å². The molecular weight excluding hydrogens is 265 g/mol. The molecule has 0 heterocycles. The lowest BCUT2D eigenvalue weighted by atomic mass is 10.1. The lowest BCUT2D eigenvalue weighted by Gasteiger charge is -2.12. The molecule has 2 rings (SSSR count). The molecule has 1 N–H and O–H groups in total. The third-order valence-corrected chi connectivity index (χ3v) is 3.43. The van der Waals surface area contributed by atoms with E-state index in [-0.39, 0.29) is 12.4 Å². The zero-order valence-electron chi connectivity index (χ0n) is 12.7. The van der Waals surface area contributed by atoms with Crippen LogP contribution < -0.4 is 10.1 Å². The van der Waals surface area contributed by atoms with E-state index in [1.807, 2.05) is 36.4 Å². The molecule has 0 aromatic heterocycles. The van der Waals surface area contributed by atoms with Crippen molar-refractivity contribution in [2.75, 3.05) is 6.54 Å². The number of para-hydroxylation sites is 1. The van der Waals surface area contributed by atoms with Gasteiger partial charge in [0, 0.05) is 12.1 Å². The molecule has 0 aliphatic carbocycles. The van der Waals surface area contributed by atoms with Crippen molar-refractivity contribution in [1.82, 2.24) is 5.32 Å². The summed E-state index contributed by atoms with van der Waals surface area (Å²) in [5.41, 5.74) is 2.80. The molecule has 0 radical (unpaired) electrons. The lowest BCUT2D eigenvalue weighted by molar-refractivity contribution is 0.297. The third-order valence-electron chi connectivity index (χ3n) is 3.43. The largest absolute Gasteiger partial charge is 0.489 e. The highest BCUT2D eigenvalue weighted by Crippen LogP contribution is 2.21. The molecule has 0 spiro atoms. The lowest BCUT2D eigenvalue weighted by Crippen LogP contribution is -2.12. The number of nitrogens with one attached hydrogen (secondary N) is 1. The minimum Gasteiger partial charge on any atom is -0.489 e. The number of hydrogen-bond acceptors (Lipinski definition) is 2. The van der Waals surface area contributed by atoms with Crippen LogP contribution in [-0.2, 0) is 19.6 Å². The van der Waals surface area contributed by atoms with Crippen molar-refractivity contribution < 1.29 is 9.13 Å². The Kier molecular flexibility index (Phi) is 5.76. The fourth-order valence-electron chi connectivity index (χ4n) is 2.21. The number of hydrogen-bond donors (Lipinski definition) is 1. The Balaban J connectivity index is 2.08. The molecule has 0 fully saturated rings. The standard InChI is InChI=1S/C18H22FNO/c1-3-15-7-5-6-8-18(15)21-13-16-11-14(12-20-4-2)9-10-17(16)19/h5-11,20H,3-4,12-13H2,1-2H3. The van der Waals surface area contributed by atoms with E-state index in [2.05, 4.69) is 19.2 Å². The van der Waals surface area contributed by atoms with Crippen molar-refractivity contribution in [3.8, 4) is 5.75 Å². The number of halogens is 1. The van der Waals surface area contributed by atoms with E-state index in [1.165, 1.54) is 6.07 Å². The SMILES string of the molecule is CCNCc1ccc(F)c(COc2ccccc2CC)c1. The molecule has 0 aliphatic rings. The molecule has 2 aromatic rings. The summed E-state index contributed by atoms with van der Waals surface area (Å²) in [6.45, 7) is 6.03. The summed E-state index contributed by atoms with van der Waals surface area (Å²) < 4.78 is 19.7. The highest BCUT2D eigenvalue weighted by Gasteiger charge is 2.06. The van der Waals surface area contributed by atoms with Crippen LogP contribution in [0.2, 0.25) is 0 Å². The third kappa shape index (κ3) is 4.30. The monoisotopic (exact) mass is 287 g/mol. The van der Waals surface area contributed by atoms with E-state index in [0.29, 0.717) is 5.56 Å². The first kappa shape index (κ1) is 15.5. The Bertz CT molecular complexity index is 583. The van der Waals surface area contributed by atoms with E-state index >= 15 is 0 Å². The average Bonchev–Trinajstić information content (AvgIpc) is 2.53. The second-order valence-corrected chi connectivity index (χ2v) is 4.96. The summed E-state index contributed by atoms with van der Waals surface area (Å²) in [4.78, 5) is 0. The minimum absolute atomic E-state index is 0.218. The van der Waals surface area contributed by atoms with Crippen molar-refractivity contribution in [2.45, 2.75) is 33.4 Å². The molecule has 0 unspecified atom stereocenters. The molecule has 0 aliphatic heterocycles. The van der Waals surface area contributed by atoms with Crippen LogP contribution in [0.15, 0.2) is 42.5 Å². The Morgan fingerprint density at radius 1 is 1.05 bits per heavy atom. The van der Waals surface area contributed by atoms with Gasteiger partial charge in [0.25, 0.3) is 0 Å². The number of benzene rings is 2. The van der Waals surface area contributed by atoms with E-state index in [1.54, 1.807) is 0 Å². The number of rotatable bonds is 7. The second kappa shape index (κ2) is 7.79. The van der Waals surface area contributed by atoms with Crippen LogP contribution in [0, 0.1) is 5.82 Å². The van der Waals surface area contributed by atoms with E-state index in [0.717, 1.165) is 36.4 Å². The topological polar surface area (TPSA) is 21.3 Å². The van der Waals surface area contributed by atoms with Gasteiger partial charge in [-0.05, 0) is 42.3 Å². The molecule has 0 saturated heterocycles. The van der Waals surface area contributed by atoms with Crippen molar-refractivity contribution in [2.24, 2.45) is 0 Å². The van der Waals surface area contributed by atoms with Crippen LogP contribution >= 0.6 is 0 Å². The molecule has 0 bridgehead atoms. The second-order valence-electron chi connectivity index (χ2n) is 4.96. The molecule has 21 heavy (non-hydrogen) atoms. The van der Waals surface area contributed by atoms with Crippen LogP contribution in [0.3, 0.4) is 0 Å². The maximum Gasteiger partial charge on any atom is 0.129 e. The zero-order chi connectivity index (χ0) is 15.1. The van der Waals surface area contributed by atoms with Gasteiger partial charge in [-0.15, -0.1) is 0 Å². The molecule has 112 valence electrons. The van der Waals surface area contributed by atoms with Crippen molar-refractivity contribution in [3.05, 3.63) is 65.0 Å². The van der Waals surface area contributed by atoms with Crippen LogP contribution in [-0.4, -0.2) is 6.54 Å². The summed E-state index contributed by atoms with van der Waals surface area (Å²) in [6.07, 6.45) is 0.902. The fourth-order valence-corrected chi connectivity index (χ4v) is 2.21. The van der Waals surface area contributed by atoms with Gasteiger partial charge in [-0.1, -0.05) is 38.1 Å². The summed E-state index contributed by atoms with van der Waals surface area (Å²) in [7, 11) is 0. The van der Waals surface area contributed by atoms with Crippen LogP contribution in [0.25, 0.3) is 0 Å². The highest BCUT2D eigenvalue weighted by molar-refractivity contribution is 5.34. The Hall–Kier alpha value is -1.87.